The van der Waals surface area contributed by atoms with Crippen molar-refractivity contribution in [3.05, 3.63) is 64.7 Å². The highest BCUT2D eigenvalue weighted by atomic mass is 35.5. The molecule has 2 rings (SSSR count). The molecule has 0 spiro atoms. The standard InChI is InChI=1S/C16H14ClNO4/c1-2-21-16(20)13(10-11-6-3-4-7-12(11)17)18-15(19)14-8-5-9-22-14/h3-10H,2H2,1H3,(H,18,19)/b13-10+. The summed E-state index contributed by atoms with van der Waals surface area (Å²) in [4.78, 5) is 24.0. The summed E-state index contributed by atoms with van der Waals surface area (Å²) in [6, 6.07) is 10.0. The zero-order valence-corrected chi connectivity index (χ0v) is 12.6. The van der Waals surface area contributed by atoms with Crippen molar-refractivity contribution in [3.8, 4) is 0 Å². The van der Waals surface area contributed by atoms with E-state index < -0.39 is 11.9 Å². The molecule has 0 saturated heterocycles. The van der Waals surface area contributed by atoms with Gasteiger partial charge in [0, 0.05) is 5.02 Å². The van der Waals surface area contributed by atoms with Crippen LogP contribution in [0.1, 0.15) is 23.0 Å². The van der Waals surface area contributed by atoms with Crippen molar-refractivity contribution in [1.29, 1.82) is 0 Å². The van der Waals surface area contributed by atoms with Crippen LogP contribution >= 0.6 is 11.6 Å². The first-order chi connectivity index (χ1) is 10.6. The quantitative estimate of drug-likeness (QED) is 0.678. The lowest BCUT2D eigenvalue weighted by Gasteiger charge is -2.09. The minimum Gasteiger partial charge on any atom is -0.461 e. The van der Waals surface area contributed by atoms with Crippen LogP contribution in [0, 0.1) is 0 Å². The lowest BCUT2D eigenvalue weighted by molar-refractivity contribution is -0.138. The number of hydrogen-bond acceptors (Lipinski definition) is 4. The number of ether oxygens (including phenoxy) is 1. The van der Waals surface area contributed by atoms with Gasteiger partial charge in [-0.2, -0.15) is 0 Å². The van der Waals surface area contributed by atoms with Gasteiger partial charge >= 0.3 is 5.97 Å². The number of carbonyl (C=O) groups excluding carboxylic acids is 2. The molecule has 1 amide bonds. The van der Waals surface area contributed by atoms with E-state index in [1.807, 2.05) is 0 Å². The van der Waals surface area contributed by atoms with Crippen LogP contribution in [0.4, 0.5) is 0 Å². The number of amides is 1. The molecule has 6 heteroatoms. The maximum Gasteiger partial charge on any atom is 0.354 e. The Morgan fingerprint density at radius 1 is 1.27 bits per heavy atom. The van der Waals surface area contributed by atoms with Gasteiger partial charge in [0.05, 0.1) is 12.9 Å². The average Bonchev–Trinajstić information content (AvgIpc) is 3.03. The van der Waals surface area contributed by atoms with E-state index >= 15 is 0 Å². The molecule has 0 radical (unpaired) electrons. The predicted octanol–water partition coefficient (Wildman–Crippen LogP) is 3.27. The Kier molecular flexibility index (Phi) is 5.38. The van der Waals surface area contributed by atoms with Crippen molar-refractivity contribution in [2.45, 2.75) is 6.92 Å². The van der Waals surface area contributed by atoms with Crippen molar-refractivity contribution >= 4 is 29.6 Å². The van der Waals surface area contributed by atoms with E-state index in [-0.39, 0.29) is 18.1 Å². The van der Waals surface area contributed by atoms with Crippen LogP contribution in [-0.2, 0) is 9.53 Å². The number of nitrogens with one attached hydrogen (secondary N) is 1. The molecule has 0 bridgehead atoms. The highest BCUT2D eigenvalue weighted by molar-refractivity contribution is 6.32. The Hall–Kier alpha value is -2.53. The second-order valence-electron chi connectivity index (χ2n) is 4.23. The molecular formula is C16H14ClNO4. The molecule has 5 nitrogen and oxygen atoms in total. The van der Waals surface area contributed by atoms with Gasteiger partial charge < -0.3 is 14.5 Å². The van der Waals surface area contributed by atoms with Crippen molar-refractivity contribution in [1.82, 2.24) is 5.32 Å². The molecule has 114 valence electrons. The summed E-state index contributed by atoms with van der Waals surface area (Å²) in [6.07, 6.45) is 2.83. The number of halogens is 1. The predicted molar refractivity (Wildman–Crippen MR) is 82.2 cm³/mol. The van der Waals surface area contributed by atoms with E-state index in [0.29, 0.717) is 10.6 Å². The third-order valence-corrected chi connectivity index (χ3v) is 3.04. The molecule has 1 aromatic heterocycles. The smallest absolute Gasteiger partial charge is 0.354 e. The van der Waals surface area contributed by atoms with Gasteiger partial charge in [-0.3, -0.25) is 4.79 Å². The van der Waals surface area contributed by atoms with Gasteiger partial charge in [0.2, 0.25) is 0 Å². The monoisotopic (exact) mass is 319 g/mol. The third kappa shape index (κ3) is 3.99. The Labute approximate surface area is 132 Å². The van der Waals surface area contributed by atoms with Crippen LogP contribution in [0.5, 0.6) is 0 Å². The molecule has 0 aliphatic carbocycles. The van der Waals surface area contributed by atoms with Crippen molar-refractivity contribution in [2.75, 3.05) is 6.61 Å². The Balaban J connectivity index is 2.29. The summed E-state index contributed by atoms with van der Waals surface area (Å²) >= 11 is 6.06. The number of benzene rings is 1. The molecule has 1 aromatic carbocycles. The molecule has 1 N–H and O–H groups in total. The Morgan fingerprint density at radius 3 is 2.68 bits per heavy atom. The van der Waals surface area contributed by atoms with Gasteiger partial charge in [-0.05, 0) is 36.8 Å². The van der Waals surface area contributed by atoms with Gasteiger partial charge in [-0.1, -0.05) is 29.8 Å². The number of carbonyl (C=O) groups is 2. The molecule has 0 saturated carbocycles. The lowest BCUT2D eigenvalue weighted by Crippen LogP contribution is -2.28. The van der Waals surface area contributed by atoms with Crippen LogP contribution in [0.25, 0.3) is 6.08 Å². The van der Waals surface area contributed by atoms with Gasteiger partial charge in [0.1, 0.15) is 5.70 Å². The van der Waals surface area contributed by atoms with E-state index in [0.717, 1.165) is 0 Å². The zero-order chi connectivity index (χ0) is 15.9. The first-order valence-corrected chi connectivity index (χ1v) is 6.97. The minimum absolute atomic E-state index is 0.0173. The van der Waals surface area contributed by atoms with Crippen LogP contribution in [0.2, 0.25) is 5.02 Å². The van der Waals surface area contributed by atoms with Crippen LogP contribution < -0.4 is 5.32 Å². The molecular weight excluding hydrogens is 306 g/mol. The number of hydrogen-bond donors (Lipinski definition) is 1. The maximum absolute atomic E-state index is 12.0. The summed E-state index contributed by atoms with van der Waals surface area (Å²) in [7, 11) is 0. The summed E-state index contributed by atoms with van der Waals surface area (Å²) in [5.74, 6) is -1.10. The molecule has 0 aliphatic rings. The molecule has 0 unspecified atom stereocenters. The summed E-state index contributed by atoms with van der Waals surface area (Å²) in [6.45, 7) is 1.87. The van der Waals surface area contributed by atoms with Gasteiger partial charge in [0.15, 0.2) is 5.76 Å². The van der Waals surface area contributed by atoms with Crippen molar-refractivity contribution in [2.24, 2.45) is 0 Å². The van der Waals surface area contributed by atoms with Gasteiger partial charge in [-0.15, -0.1) is 0 Å². The van der Waals surface area contributed by atoms with Crippen LogP contribution in [-0.4, -0.2) is 18.5 Å². The molecule has 22 heavy (non-hydrogen) atoms. The molecule has 1 heterocycles. The van der Waals surface area contributed by atoms with E-state index in [9.17, 15) is 9.59 Å². The minimum atomic E-state index is -0.651. The molecule has 0 aliphatic heterocycles. The third-order valence-electron chi connectivity index (χ3n) is 2.69. The number of esters is 1. The van der Waals surface area contributed by atoms with Gasteiger partial charge in [-0.25, -0.2) is 4.79 Å². The number of rotatable bonds is 5. The van der Waals surface area contributed by atoms with E-state index in [1.165, 1.54) is 18.4 Å². The van der Waals surface area contributed by atoms with Crippen molar-refractivity contribution in [3.63, 3.8) is 0 Å². The topological polar surface area (TPSA) is 68.5 Å². The highest BCUT2D eigenvalue weighted by Gasteiger charge is 2.17. The van der Waals surface area contributed by atoms with E-state index in [4.69, 9.17) is 20.8 Å². The first kappa shape index (κ1) is 15.9. The first-order valence-electron chi connectivity index (χ1n) is 6.60. The summed E-state index contributed by atoms with van der Waals surface area (Å²) < 4.78 is 9.93. The molecule has 0 fully saturated rings. The Bertz CT molecular complexity index is 692. The fourth-order valence-electron chi connectivity index (χ4n) is 1.69. The van der Waals surface area contributed by atoms with Gasteiger partial charge in [0.25, 0.3) is 5.91 Å². The van der Waals surface area contributed by atoms with E-state index in [2.05, 4.69) is 5.32 Å². The van der Waals surface area contributed by atoms with E-state index in [1.54, 1.807) is 37.3 Å². The molecule has 0 atom stereocenters. The van der Waals surface area contributed by atoms with Crippen LogP contribution in [0.3, 0.4) is 0 Å². The number of furan rings is 1. The Morgan fingerprint density at radius 2 is 2.05 bits per heavy atom. The second kappa shape index (κ2) is 7.47. The van der Waals surface area contributed by atoms with Crippen molar-refractivity contribution < 1.29 is 18.7 Å². The average molecular weight is 320 g/mol. The largest absolute Gasteiger partial charge is 0.461 e. The fraction of sp³-hybridized carbons (Fsp3) is 0.125. The SMILES string of the molecule is CCOC(=O)/C(=C\c1ccccc1Cl)NC(=O)c1ccco1. The summed E-state index contributed by atoms with van der Waals surface area (Å²) in [5, 5.41) is 2.93. The summed E-state index contributed by atoms with van der Waals surface area (Å²) in [5.41, 5.74) is 0.573. The lowest BCUT2D eigenvalue weighted by atomic mass is 10.2. The molecule has 2 aromatic rings. The highest BCUT2D eigenvalue weighted by Crippen LogP contribution is 2.18. The zero-order valence-electron chi connectivity index (χ0n) is 11.8. The maximum atomic E-state index is 12.0. The normalized spacial score (nSPS) is 11.1. The van der Waals surface area contributed by atoms with Crippen LogP contribution in [0.15, 0.2) is 52.8 Å². The fourth-order valence-corrected chi connectivity index (χ4v) is 1.88. The second-order valence-corrected chi connectivity index (χ2v) is 4.64.